The maximum Gasteiger partial charge on any atom is 0.105 e. The SMILES string of the molecule is C=C1NC(c2ncc(Cl)cc2Cl)=C(c2ccccc2)CC1Cl.CC. The zero-order valence-electron chi connectivity index (χ0n) is 13.6. The number of alkyl halides is 1. The standard InChI is InChI=1S/C17H13Cl3N2.C2H6/c1-10-14(19)8-13(11-5-3-2-4-6-11)16(22-10)17-15(20)7-12(18)9-21-17;1-2/h2-7,9,14,22H,1,8H2;1-2H3. The van der Waals surface area contributed by atoms with Crippen LogP contribution in [0.4, 0.5) is 0 Å². The number of allylic oxidation sites excluding steroid dienone is 2. The molecule has 2 heterocycles. The van der Waals surface area contributed by atoms with E-state index in [4.69, 9.17) is 34.8 Å². The average Bonchev–Trinajstić information content (AvgIpc) is 2.60. The van der Waals surface area contributed by atoms with Gasteiger partial charge in [-0.25, -0.2) is 0 Å². The van der Waals surface area contributed by atoms with Crippen LogP contribution < -0.4 is 5.32 Å². The molecule has 0 bridgehead atoms. The van der Waals surface area contributed by atoms with Gasteiger partial charge in [0.25, 0.3) is 0 Å². The van der Waals surface area contributed by atoms with Crippen molar-refractivity contribution in [1.29, 1.82) is 0 Å². The minimum absolute atomic E-state index is 0.176. The van der Waals surface area contributed by atoms with Crippen molar-refractivity contribution in [3.8, 4) is 0 Å². The lowest BCUT2D eigenvalue weighted by Crippen LogP contribution is -2.26. The molecule has 0 radical (unpaired) electrons. The van der Waals surface area contributed by atoms with E-state index < -0.39 is 0 Å². The van der Waals surface area contributed by atoms with Crippen LogP contribution in [0, 0.1) is 0 Å². The number of pyridine rings is 1. The Hall–Kier alpha value is -1.48. The summed E-state index contributed by atoms with van der Waals surface area (Å²) in [5.74, 6) is 0. The Balaban J connectivity index is 0.00000100. The topological polar surface area (TPSA) is 24.9 Å². The number of halogens is 3. The zero-order valence-corrected chi connectivity index (χ0v) is 15.9. The maximum absolute atomic E-state index is 6.36. The van der Waals surface area contributed by atoms with Crippen LogP contribution in [0.5, 0.6) is 0 Å². The van der Waals surface area contributed by atoms with E-state index in [0.29, 0.717) is 22.2 Å². The van der Waals surface area contributed by atoms with Gasteiger partial charge in [-0.2, -0.15) is 0 Å². The Morgan fingerprint density at radius 1 is 1.17 bits per heavy atom. The van der Waals surface area contributed by atoms with Crippen molar-refractivity contribution < 1.29 is 0 Å². The van der Waals surface area contributed by atoms with E-state index in [1.807, 2.05) is 44.2 Å². The molecule has 126 valence electrons. The quantitative estimate of drug-likeness (QED) is 0.609. The maximum atomic E-state index is 6.36. The van der Waals surface area contributed by atoms with E-state index in [0.717, 1.165) is 22.5 Å². The molecule has 5 heteroatoms. The third-order valence-corrected chi connectivity index (χ3v) is 4.43. The first-order chi connectivity index (χ1) is 11.6. The van der Waals surface area contributed by atoms with Gasteiger partial charge in [0.05, 0.1) is 21.1 Å². The minimum Gasteiger partial charge on any atom is -0.356 e. The summed E-state index contributed by atoms with van der Waals surface area (Å²) in [5, 5.41) is 4.07. The molecule has 1 aliphatic heterocycles. The lowest BCUT2D eigenvalue weighted by Gasteiger charge is -2.28. The molecule has 2 aromatic rings. The van der Waals surface area contributed by atoms with Crippen LogP contribution >= 0.6 is 34.8 Å². The number of aromatic nitrogens is 1. The van der Waals surface area contributed by atoms with E-state index in [2.05, 4.69) is 16.9 Å². The molecule has 0 spiro atoms. The Labute approximate surface area is 158 Å². The van der Waals surface area contributed by atoms with Gasteiger partial charge in [-0.3, -0.25) is 4.98 Å². The number of nitrogens with zero attached hydrogens (tertiary/aromatic N) is 1. The minimum atomic E-state index is -0.176. The first-order valence-corrected chi connectivity index (χ1v) is 8.95. The van der Waals surface area contributed by atoms with Crippen molar-refractivity contribution in [1.82, 2.24) is 10.3 Å². The molecule has 0 saturated heterocycles. The van der Waals surface area contributed by atoms with Crippen LogP contribution in [0.3, 0.4) is 0 Å². The third-order valence-electron chi connectivity index (χ3n) is 3.52. The van der Waals surface area contributed by atoms with E-state index in [-0.39, 0.29) is 5.38 Å². The van der Waals surface area contributed by atoms with Crippen molar-refractivity contribution >= 4 is 46.1 Å². The molecule has 0 saturated carbocycles. The Morgan fingerprint density at radius 2 is 1.83 bits per heavy atom. The van der Waals surface area contributed by atoms with Crippen LogP contribution in [-0.2, 0) is 0 Å². The highest BCUT2D eigenvalue weighted by molar-refractivity contribution is 6.35. The Morgan fingerprint density at radius 3 is 2.46 bits per heavy atom. The van der Waals surface area contributed by atoms with Crippen LogP contribution in [0.25, 0.3) is 11.3 Å². The van der Waals surface area contributed by atoms with Crippen LogP contribution in [0.15, 0.2) is 54.9 Å². The van der Waals surface area contributed by atoms with Gasteiger partial charge >= 0.3 is 0 Å². The van der Waals surface area contributed by atoms with Crippen molar-refractivity contribution in [3.63, 3.8) is 0 Å². The number of hydrogen-bond donors (Lipinski definition) is 1. The third kappa shape index (κ3) is 4.13. The van der Waals surface area contributed by atoms with E-state index in [1.165, 1.54) is 0 Å². The summed E-state index contributed by atoms with van der Waals surface area (Å²) < 4.78 is 0. The smallest absolute Gasteiger partial charge is 0.105 e. The highest BCUT2D eigenvalue weighted by Crippen LogP contribution is 2.37. The van der Waals surface area contributed by atoms with Crippen molar-refractivity contribution in [2.75, 3.05) is 0 Å². The van der Waals surface area contributed by atoms with E-state index in [9.17, 15) is 0 Å². The predicted molar refractivity (Wildman–Crippen MR) is 105 cm³/mol. The fourth-order valence-corrected chi connectivity index (χ4v) is 3.10. The second-order valence-corrected chi connectivity index (χ2v) is 6.40. The number of rotatable bonds is 2. The summed E-state index contributed by atoms with van der Waals surface area (Å²) in [6, 6.07) is 11.7. The fraction of sp³-hybridized carbons (Fsp3) is 0.211. The van der Waals surface area contributed by atoms with Crippen LogP contribution in [0.2, 0.25) is 10.0 Å². The molecule has 1 unspecified atom stereocenters. The van der Waals surface area contributed by atoms with Gasteiger partial charge < -0.3 is 5.32 Å². The van der Waals surface area contributed by atoms with Crippen molar-refractivity contribution in [3.05, 3.63) is 76.2 Å². The van der Waals surface area contributed by atoms with Gasteiger partial charge in [0.2, 0.25) is 0 Å². The summed E-state index contributed by atoms with van der Waals surface area (Å²) in [7, 11) is 0. The molecule has 1 aromatic heterocycles. The normalized spacial score (nSPS) is 17.0. The van der Waals surface area contributed by atoms with Gasteiger partial charge in [-0.05, 0) is 23.6 Å². The highest BCUT2D eigenvalue weighted by atomic mass is 35.5. The molecule has 0 amide bonds. The van der Waals surface area contributed by atoms with Crippen molar-refractivity contribution in [2.24, 2.45) is 0 Å². The van der Waals surface area contributed by atoms with Gasteiger partial charge in [-0.1, -0.05) is 74.0 Å². The summed E-state index contributed by atoms with van der Waals surface area (Å²) >= 11 is 18.6. The number of benzene rings is 1. The van der Waals surface area contributed by atoms with Gasteiger partial charge in [0, 0.05) is 11.9 Å². The summed E-state index contributed by atoms with van der Waals surface area (Å²) in [6.45, 7) is 7.97. The van der Waals surface area contributed by atoms with Gasteiger partial charge in [-0.15, -0.1) is 11.6 Å². The molecule has 24 heavy (non-hydrogen) atoms. The second-order valence-electron chi connectivity index (χ2n) is 5.03. The summed E-state index contributed by atoms with van der Waals surface area (Å²) in [5.41, 5.74) is 4.36. The lowest BCUT2D eigenvalue weighted by molar-refractivity contribution is 0.876. The molecule has 3 rings (SSSR count). The largest absolute Gasteiger partial charge is 0.356 e. The zero-order chi connectivity index (χ0) is 17.7. The summed E-state index contributed by atoms with van der Waals surface area (Å²) in [4.78, 5) is 4.37. The monoisotopic (exact) mass is 380 g/mol. The fourth-order valence-electron chi connectivity index (χ4n) is 2.42. The summed E-state index contributed by atoms with van der Waals surface area (Å²) in [6.07, 6.45) is 2.24. The van der Waals surface area contributed by atoms with Gasteiger partial charge in [0.1, 0.15) is 5.69 Å². The average molecular weight is 382 g/mol. The van der Waals surface area contributed by atoms with E-state index in [1.54, 1.807) is 12.3 Å². The van der Waals surface area contributed by atoms with E-state index >= 15 is 0 Å². The first-order valence-electron chi connectivity index (χ1n) is 7.76. The predicted octanol–water partition coefficient (Wildman–Crippen LogP) is 6.40. The molecular formula is C19H19Cl3N2. The molecule has 1 aromatic carbocycles. The van der Waals surface area contributed by atoms with Crippen molar-refractivity contribution in [2.45, 2.75) is 25.6 Å². The molecule has 1 N–H and O–H groups in total. The molecule has 0 aliphatic carbocycles. The van der Waals surface area contributed by atoms with Crippen LogP contribution in [-0.4, -0.2) is 10.4 Å². The molecular weight excluding hydrogens is 363 g/mol. The van der Waals surface area contributed by atoms with Gasteiger partial charge in [0.15, 0.2) is 0 Å². The first kappa shape index (κ1) is 18.9. The second kappa shape index (κ2) is 8.57. The van der Waals surface area contributed by atoms with Crippen LogP contribution in [0.1, 0.15) is 31.5 Å². The molecule has 0 fully saturated rings. The number of nitrogens with one attached hydrogen (secondary N) is 1. The molecule has 2 nitrogen and oxygen atoms in total. The highest BCUT2D eigenvalue weighted by Gasteiger charge is 2.26. The number of hydrogen-bond acceptors (Lipinski definition) is 2. The Kier molecular flexibility index (Phi) is 6.73. The Bertz CT molecular complexity index is 754. The molecule has 1 aliphatic rings. The molecule has 1 atom stereocenters. The lowest BCUT2D eigenvalue weighted by atomic mass is 9.93.